The number of halogens is 7. The van der Waals surface area contributed by atoms with Crippen molar-refractivity contribution >= 4 is 24.0 Å². The van der Waals surface area contributed by atoms with Crippen molar-refractivity contribution in [2.24, 2.45) is 15.7 Å². The largest absolute Gasteiger partial charge is 0.417 e. The van der Waals surface area contributed by atoms with E-state index in [2.05, 4.69) is 24.9 Å². The van der Waals surface area contributed by atoms with Crippen LogP contribution in [0.2, 0.25) is 0 Å². The number of carbonyl (C=O) groups excluding carboxylic acids is 2. The van der Waals surface area contributed by atoms with Crippen LogP contribution in [0, 0.1) is 5.82 Å². The summed E-state index contributed by atoms with van der Waals surface area (Å²) in [6, 6.07) is 10.9. The Bertz CT molecular complexity index is 2080. The van der Waals surface area contributed by atoms with Crippen LogP contribution < -0.4 is 5.73 Å². The predicted octanol–water partition coefficient (Wildman–Crippen LogP) is 6.38. The van der Waals surface area contributed by atoms with Crippen molar-refractivity contribution in [3.8, 4) is 11.4 Å². The fraction of sp³-hybridized carbons (Fsp3) is 0.306. The number of nitrogens with zero attached hydrogens (tertiary/aromatic N) is 7. The summed E-state index contributed by atoms with van der Waals surface area (Å²) in [4.78, 5) is 51.3. The van der Waals surface area contributed by atoms with Gasteiger partial charge in [0.05, 0.1) is 29.9 Å². The van der Waals surface area contributed by atoms with E-state index in [0.717, 1.165) is 40.9 Å². The number of rotatable bonds is 10. The van der Waals surface area contributed by atoms with Crippen molar-refractivity contribution in [3.05, 3.63) is 112 Å². The molecule has 6 rings (SSSR count). The molecule has 4 aromatic rings. The fourth-order valence-electron chi connectivity index (χ4n) is 6.31. The lowest BCUT2D eigenvalue weighted by Gasteiger charge is -2.27. The maximum Gasteiger partial charge on any atom is 0.417 e. The lowest BCUT2D eigenvalue weighted by Crippen LogP contribution is -2.42. The van der Waals surface area contributed by atoms with E-state index in [-0.39, 0.29) is 24.2 Å². The first-order chi connectivity index (χ1) is 25.1. The molecule has 0 bridgehead atoms. The zero-order valence-corrected chi connectivity index (χ0v) is 28.0. The number of aliphatic imine (C=N–C) groups is 2. The minimum atomic E-state index is -4.93. The molecule has 0 unspecified atom stereocenters. The van der Waals surface area contributed by atoms with Gasteiger partial charge >= 0.3 is 12.4 Å². The van der Waals surface area contributed by atoms with Crippen LogP contribution in [-0.4, -0.2) is 62.0 Å². The number of fused-ring (bicyclic) bond motifs is 1. The summed E-state index contributed by atoms with van der Waals surface area (Å²) in [5, 5.41) is 0. The number of nitrogens with two attached hydrogens (primary N) is 1. The molecule has 2 aliphatic rings. The average molecular weight is 741 g/mol. The van der Waals surface area contributed by atoms with Crippen LogP contribution in [0.25, 0.3) is 11.4 Å². The Kier molecular flexibility index (Phi) is 10.0. The molecule has 1 atom stereocenters. The van der Waals surface area contributed by atoms with Crippen molar-refractivity contribution in [1.29, 1.82) is 0 Å². The van der Waals surface area contributed by atoms with Crippen LogP contribution in [0.15, 0.2) is 77.0 Å². The lowest BCUT2D eigenvalue weighted by atomic mass is 9.84. The van der Waals surface area contributed by atoms with Gasteiger partial charge in [0.15, 0.2) is 17.3 Å². The van der Waals surface area contributed by atoms with Crippen LogP contribution in [0.5, 0.6) is 0 Å². The third kappa shape index (κ3) is 7.88. The highest BCUT2D eigenvalue weighted by molar-refractivity contribution is 6.07. The maximum absolute atomic E-state index is 14.3. The lowest BCUT2D eigenvalue weighted by molar-refractivity contribution is -0.139. The Balaban J connectivity index is 1.25. The van der Waals surface area contributed by atoms with Crippen LogP contribution in [-0.2, 0) is 42.6 Å². The van der Waals surface area contributed by atoms with Crippen LogP contribution in [0.1, 0.15) is 63.3 Å². The first kappa shape index (κ1) is 37.0. The Morgan fingerprint density at radius 1 is 1.00 bits per heavy atom. The fourth-order valence-corrected chi connectivity index (χ4v) is 6.31. The number of hydrogen-bond donors (Lipinski definition) is 1. The quantitative estimate of drug-likeness (QED) is 0.148. The summed E-state index contributed by atoms with van der Waals surface area (Å²) in [6.45, 7) is -0.625. The van der Waals surface area contributed by atoms with Gasteiger partial charge in [-0.05, 0) is 60.4 Å². The zero-order valence-electron chi connectivity index (χ0n) is 28.0. The number of amides is 2. The molecular formula is C36H31F7N8O2. The minimum absolute atomic E-state index is 0.0636. The Morgan fingerprint density at radius 2 is 1.75 bits per heavy atom. The predicted molar refractivity (Wildman–Crippen MR) is 179 cm³/mol. The second kappa shape index (κ2) is 14.4. The first-order valence-corrected chi connectivity index (χ1v) is 16.3. The number of pyridine rings is 1. The highest BCUT2D eigenvalue weighted by Gasteiger charge is 2.49. The van der Waals surface area contributed by atoms with Gasteiger partial charge in [-0.15, -0.1) is 0 Å². The molecule has 53 heavy (non-hydrogen) atoms. The van der Waals surface area contributed by atoms with Gasteiger partial charge in [-0.25, -0.2) is 19.4 Å². The molecule has 0 spiro atoms. The summed E-state index contributed by atoms with van der Waals surface area (Å²) < 4.78 is 95.7. The molecule has 2 amide bonds. The average Bonchev–Trinajstić information content (AvgIpc) is 3.64. The molecular weight excluding hydrogens is 709 g/mol. The van der Waals surface area contributed by atoms with Crippen LogP contribution >= 0.6 is 0 Å². The van der Waals surface area contributed by atoms with Crippen molar-refractivity contribution in [1.82, 2.24) is 24.8 Å². The van der Waals surface area contributed by atoms with Crippen LogP contribution in [0.4, 0.5) is 30.7 Å². The van der Waals surface area contributed by atoms with Gasteiger partial charge in [0.2, 0.25) is 0 Å². The highest BCUT2D eigenvalue weighted by Crippen LogP contribution is 2.40. The molecule has 0 saturated carbocycles. The van der Waals surface area contributed by atoms with E-state index in [1.165, 1.54) is 23.2 Å². The van der Waals surface area contributed by atoms with Crippen molar-refractivity contribution in [3.63, 3.8) is 0 Å². The standard InChI is InChI=1S/C36H31F7N8O2/c1-45-14-11-26-9-4-22(16-46-26)30-47-17-23-19-50(20-29(23)48-30)31(52)27-15-21(3-10-28(27)36(41,42)43)18-51-32(53)34(49-33(51)44,12-2-13-35(38,39)40)24-5-7-25(37)8-6-24/h3-10,14-17H,2,11-13,18-20H2,1H3,(H2,44,49)/t34-/m1/s1. The van der Waals surface area contributed by atoms with E-state index in [4.69, 9.17) is 5.73 Å². The van der Waals surface area contributed by atoms with Gasteiger partial charge in [0.25, 0.3) is 11.8 Å². The summed E-state index contributed by atoms with van der Waals surface area (Å²) >= 11 is 0. The maximum atomic E-state index is 14.3. The van der Waals surface area contributed by atoms with Gasteiger partial charge < -0.3 is 15.6 Å². The van der Waals surface area contributed by atoms with E-state index in [0.29, 0.717) is 29.1 Å². The number of hydrogen-bond acceptors (Lipinski definition) is 8. The third-order valence-corrected chi connectivity index (χ3v) is 8.97. The van der Waals surface area contributed by atoms with E-state index < -0.39 is 78.4 Å². The normalized spacial score (nSPS) is 17.5. The molecule has 17 heteroatoms. The molecule has 2 aromatic heterocycles. The minimum Gasteiger partial charge on any atom is -0.369 e. The topological polar surface area (TPSA) is 130 Å². The molecule has 276 valence electrons. The summed E-state index contributed by atoms with van der Waals surface area (Å²) in [5.41, 5.74) is 4.82. The molecule has 0 fully saturated rings. The molecule has 4 heterocycles. The van der Waals surface area contributed by atoms with Crippen molar-refractivity contribution in [2.45, 2.75) is 63.2 Å². The Labute approximate surface area is 298 Å². The molecule has 0 saturated heterocycles. The number of alkyl halides is 6. The van der Waals surface area contributed by atoms with Gasteiger partial charge in [0.1, 0.15) is 5.82 Å². The highest BCUT2D eigenvalue weighted by atomic mass is 19.4. The van der Waals surface area contributed by atoms with Crippen molar-refractivity contribution in [2.75, 3.05) is 7.05 Å². The van der Waals surface area contributed by atoms with Gasteiger partial charge in [0, 0.05) is 61.9 Å². The van der Waals surface area contributed by atoms with E-state index in [1.807, 2.05) is 0 Å². The third-order valence-electron chi connectivity index (χ3n) is 8.97. The molecule has 0 aliphatic carbocycles. The second-order valence-corrected chi connectivity index (χ2v) is 12.6. The summed E-state index contributed by atoms with van der Waals surface area (Å²) in [6.07, 6.45) is -6.27. The number of guanidine groups is 1. The van der Waals surface area contributed by atoms with Gasteiger partial charge in [-0.2, -0.15) is 26.3 Å². The molecule has 0 radical (unpaired) electrons. The van der Waals surface area contributed by atoms with E-state index >= 15 is 0 Å². The number of benzene rings is 2. The van der Waals surface area contributed by atoms with Crippen molar-refractivity contribution < 1.29 is 40.3 Å². The smallest absolute Gasteiger partial charge is 0.369 e. The molecule has 2 aliphatic heterocycles. The Morgan fingerprint density at radius 3 is 2.42 bits per heavy atom. The monoisotopic (exact) mass is 740 g/mol. The zero-order chi connectivity index (χ0) is 38.1. The van der Waals surface area contributed by atoms with E-state index in [9.17, 15) is 40.3 Å². The first-order valence-electron chi connectivity index (χ1n) is 16.3. The summed E-state index contributed by atoms with van der Waals surface area (Å²) in [5.74, 6) is -2.54. The number of aromatic nitrogens is 3. The van der Waals surface area contributed by atoms with Gasteiger partial charge in [-0.1, -0.05) is 18.2 Å². The van der Waals surface area contributed by atoms with Gasteiger partial charge in [-0.3, -0.25) is 19.5 Å². The van der Waals surface area contributed by atoms with E-state index in [1.54, 1.807) is 31.6 Å². The molecule has 2 N–H and O–H groups in total. The second-order valence-electron chi connectivity index (χ2n) is 12.6. The van der Waals surface area contributed by atoms with Crippen LogP contribution in [0.3, 0.4) is 0 Å². The SMILES string of the molecule is CN=CCc1ccc(-c2ncc3c(n2)CN(C(=O)c2cc(CN4C(=O)[C@@](CCCC(F)(F)F)(c5ccc(F)cc5)N=C4N)ccc2C(F)(F)F)C3)cn1. The number of carbonyl (C=O) groups is 2. The molecule has 10 nitrogen and oxygen atoms in total. The summed E-state index contributed by atoms with van der Waals surface area (Å²) in [7, 11) is 1.65. The Hall–Kier alpha value is -5.74. The molecule has 2 aromatic carbocycles.